The fourth-order valence-corrected chi connectivity index (χ4v) is 14.6. The third-order valence-corrected chi connectivity index (χ3v) is 18.7. The minimum atomic E-state index is -0.0163. The van der Waals surface area contributed by atoms with Crippen molar-refractivity contribution in [2.24, 2.45) is 0 Å². The molecule has 2 aliphatic rings. The molecule has 0 N–H and O–H groups in total. The van der Waals surface area contributed by atoms with Crippen LogP contribution >= 0.6 is 0 Å². The Morgan fingerprint density at radius 1 is 0.321 bits per heavy atom. The zero-order valence-corrected chi connectivity index (χ0v) is 48.6. The van der Waals surface area contributed by atoms with E-state index in [9.17, 15) is 0 Å². The predicted octanol–water partition coefficient (Wildman–Crippen LogP) is 24.3. The zero-order chi connectivity index (χ0) is 53.6. The molecule has 0 fully saturated rings. The minimum absolute atomic E-state index is 0.0163. The average molecular weight is 1040 g/mol. The van der Waals surface area contributed by atoms with Gasteiger partial charge in [-0.15, -0.1) is 0 Å². The normalized spacial score (nSPS) is 13.7. The third kappa shape index (κ3) is 11.6. The summed E-state index contributed by atoms with van der Waals surface area (Å²) in [6.07, 6.45) is 36.5. The number of benzene rings is 7. The summed E-state index contributed by atoms with van der Waals surface area (Å²) in [4.78, 5) is 2.72. The van der Waals surface area contributed by atoms with E-state index in [1.807, 2.05) is 0 Å². The Balaban J connectivity index is 1.13. The Morgan fingerprint density at radius 2 is 0.705 bits per heavy atom. The molecule has 0 aliphatic heterocycles. The largest absolute Gasteiger partial charge is 0.456 e. The topological polar surface area (TPSA) is 16.4 Å². The number of furan rings is 1. The summed E-state index contributed by atoms with van der Waals surface area (Å²) < 4.78 is 6.30. The Labute approximate surface area is 471 Å². The number of hydrogen-bond donors (Lipinski definition) is 0. The van der Waals surface area contributed by atoms with Crippen molar-refractivity contribution in [1.29, 1.82) is 0 Å². The number of nitrogens with zero attached hydrogens (tertiary/aromatic N) is 1. The minimum Gasteiger partial charge on any atom is -0.456 e. The molecular formula is C76H93NO. The first-order valence-electron chi connectivity index (χ1n) is 31.9. The van der Waals surface area contributed by atoms with Gasteiger partial charge in [-0.3, -0.25) is 0 Å². The van der Waals surface area contributed by atoms with Crippen molar-refractivity contribution in [1.82, 2.24) is 0 Å². The van der Waals surface area contributed by atoms with Crippen LogP contribution in [-0.4, -0.2) is 0 Å². The molecule has 0 saturated carbocycles. The lowest BCUT2D eigenvalue weighted by Crippen LogP contribution is -2.26. The molecule has 7 aromatic carbocycles. The van der Waals surface area contributed by atoms with Gasteiger partial charge in [0, 0.05) is 38.4 Å². The maximum Gasteiger partial charge on any atom is 0.135 e. The number of fused-ring (bicyclic) bond motifs is 9. The number of anilines is 3. The van der Waals surface area contributed by atoms with E-state index in [4.69, 9.17) is 4.42 Å². The maximum absolute atomic E-state index is 6.30. The van der Waals surface area contributed by atoms with E-state index in [0.29, 0.717) is 0 Å². The molecule has 0 atom stereocenters. The van der Waals surface area contributed by atoms with Crippen molar-refractivity contribution >= 4 is 39.0 Å². The molecule has 1 aromatic heterocycles. The van der Waals surface area contributed by atoms with Gasteiger partial charge in [-0.1, -0.05) is 291 Å². The van der Waals surface area contributed by atoms with Crippen molar-refractivity contribution < 1.29 is 4.42 Å². The molecule has 2 nitrogen and oxygen atoms in total. The van der Waals surface area contributed by atoms with Crippen LogP contribution < -0.4 is 4.90 Å². The van der Waals surface area contributed by atoms with Crippen LogP contribution in [0.3, 0.4) is 0 Å². The number of rotatable bonds is 32. The highest BCUT2D eigenvalue weighted by atomic mass is 16.3. The van der Waals surface area contributed by atoms with Gasteiger partial charge in [-0.25, -0.2) is 0 Å². The second-order valence-corrected chi connectivity index (χ2v) is 23.9. The van der Waals surface area contributed by atoms with Gasteiger partial charge in [0.25, 0.3) is 0 Å². The van der Waals surface area contributed by atoms with Gasteiger partial charge in [0.15, 0.2) is 0 Å². The lowest BCUT2D eigenvalue weighted by atomic mass is 9.70. The van der Waals surface area contributed by atoms with Crippen molar-refractivity contribution in [3.8, 4) is 33.4 Å². The lowest BCUT2D eigenvalue weighted by Gasteiger charge is -2.35. The van der Waals surface area contributed by atoms with Crippen molar-refractivity contribution in [2.45, 2.75) is 218 Å². The van der Waals surface area contributed by atoms with Crippen LogP contribution in [0.15, 0.2) is 156 Å². The standard InChI is InChI=1S/C76H93NO/c1-5-9-13-17-21-31-53-75(54-32-22-18-14-10-6-2)65-40-28-25-38-62(65)73-67(75)42-35-44-69(73)77(60-50-47-58(48-51-60)59-49-52-72-64(57-59)61-37-27-30-46-71(61)78-72)70-45-36-43-68-74(70)63-39-26-29-41-66(63)76(68,55-33-23-19-15-11-7-3)56-34-24-20-16-12-8-4/h25-30,35-52,57H,5-24,31-34,53-56H2,1-4H3. The van der Waals surface area contributed by atoms with Gasteiger partial charge in [0.2, 0.25) is 0 Å². The van der Waals surface area contributed by atoms with Gasteiger partial charge in [0.05, 0.1) is 11.4 Å². The SMILES string of the molecule is CCCCCCCCC1(CCCCCCCC)c2ccccc2-c2c(N(c3ccc(-c4ccc5oc6ccccc6c5c4)cc3)c3cccc4c3-c3ccccc3C4(CCCCCCCC)CCCCCCCC)cccc21. The molecule has 2 aliphatic carbocycles. The highest BCUT2D eigenvalue weighted by Gasteiger charge is 2.46. The van der Waals surface area contributed by atoms with Gasteiger partial charge in [-0.05, 0) is 113 Å². The van der Waals surface area contributed by atoms with Gasteiger partial charge < -0.3 is 9.32 Å². The second kappa shape index (κ2) is 26.9. The first-order chi connectivity index (χ1) is 38.6. The quantitative estimate of drug-likeness (QED) is 0.0391. The number of para-hydroxylation sites is 1. The molecule has 408 valence electrons. The molecule has 0 unspecified atom stereocenters. The third-order valence-electron chi connectivity index (χ3n) is 18.7. The molecule has 8 aromatic rings. The summed E-state index contributed by atoms with van der Waals surface area (Å²) in [6.45, 7) is 9.36. The van der Waals surface area contributed by atoms with Gasteiger partial charge >= 0.3 is 0 Å². The van der Waals surface area contributed by atoms with E-state index < -0.39 is 0 Å². The van der Waals surface area contributed by atoms with Crippen LogP contribution in [0.5, 0.6) is 0 Å². The number of hydrogen-bond acceptors (Lipinski definition) is 2. The number of unbranched alkanes of at least 4 members (excludes halogenated alkanes) is 20. The lowest BCUT2D eigenvalue weighted by molar-refractivity contribution is 0.398. The van der Waals surface area contributed by atoms with Crippen molar-refractivity contribution in [3.63, 3.8) is 0 Å². The van der Waals surface area contributed by atoms with Crippen molar-refractivity contribution in [3.05, 3.63) is 174 Å². The summed E-state index contributed by atoms with van der Waals surface area (Å²) in [7, 11) is 0. The molecular weight excluding hydrogens is 943 g/mol. The van der Waals surface area contributed by atoms with Crippen LogP contribution in [0.4, 0.5) is 17.1 Å². The van der Waals surface area contributed by atoms with E-state index >= 15 is 0 Å². The molecule has 78 heavy (non-hydrogen) atoms. The first-order valence-corrected chi connectivity index (χ1v) is 31.9. The van der Waals surface area contributed by atoms with Crippen LogP contribution in [0.25, 0.3) is 55.3 Å². The molecule has 0 radical (unpaired) electrons. The Bertz CT molecular complexity index is 3000. The second-order valence-electron chi connectivity index (χ2n) is 23.9. The van der Waals surface area contributed by atoms with Gasteiger partial charge in [0.1, 0.15) is 11.2 Å². The summed E-state index contributed by atoms with van der Waals surface area (Å²) in [5.41, 5.74) is 20.1. The van der Waals surface area contributed by atoms with E-state index in [-0.39, 0.29) is 10.8 Å². The first kappa shape index (κ1) is 55.5. The molecule has 0 amide bonds. The zero-order valence-electron chi connectivity index (χ0n) is 48.6. The van der Waals surface area contributed by atoms with Crippen LogP contribution in [0.1, 0.15) is 230 Å². The molecule has 10 rings (SSSR count). The maximum atomic E-state index is 6.30. The summed E-state index contributed by atoms with van der Waals surface area (Å²) in [5.74, 6) is 0. The molecule has 0 bridgehead atoms. The van der Waals surface area contributed by atoms with E-state index in [2.05, 4.69) is 184 Å². The van der Waals surface area contributed by atoms with Crippen molar-refractivity contribution in [2.75, 3.05) is 4.90 Å². The Hall–Kier alpha value is -5.86. The summed E-state index contributed by atoms with van der Waals surface area (Å²) >= 11 is 0. The fourth-order valence-electron chi connectivity index (χ4n) is 14.6. The smallest absolute Gasteiger partial charge is 0.135 e. The molecule has 0 saturated heterocycles. The summed E-state index contributed by atoms with van der Waals surface area (Å²) in [6, 6.07) is 59.1. The summed E-state index contributed by atoms with van der Waals surface area (Å²) in [5, 5.41) is 2.34. The van der Waals surface area contributed by atoms with E-state index in [1.54, 1.807) is 22.3 Å². The van der Waals surface area contributed by atoms with Gasteiger partial charge in [-0.2, -0.15) is 0 Å². The predicted molar refractivity (Wildman–Crippen MR) is 338 cm³/mol. The Kier molecular flexibility index (Phi) is 19.1. The monoisotopic (exact) mass is 1040 g/mol. The highest BCUT2D eigenvalue weighted by Crippen LogP contribution is 2.61. The average Bonchev–Trinajstić information content (AvgIpc) is 4.31. The van der Waals surface area contributed by atoms with E-state index in [0.717, 1.165) is 11.2 Å². The molecule has 1 heterocycles. The van der Waals surface area contributed by atoms with Crippen LogP contribution in [0, 0.1) is 0 Å². The van der Waals surface area contributed by atoms with Crippen LogP contribution in [0.2, 0.25) is 0 Å². The highest BCUT2D eigenvalue weighted by molar-refractivity contribution is 6.06. The fraction of sp³-hybridized carbons (Fsp3) is 0.447. The molecule has 0 spiro atoms. The van der Waals surface area contributed by atoms with E-state index in [1.165, 1.54) is 241 Å². The Morgan fingerprint density at radius 3 is 1.18 bits per heavy atom. The van der Waals surface area contributed by atoms with Crippen LogP contribution in [-0.2, 0) is 10.8 Å². The molecule has 2 heteroatoms.